The van der Waals surface area contributed by atoms with E-state index in [-0.39, 0.29) is 0 Å². The first-order valence-electron chi connectivity index (χ1n) is 5.52. The summed E-state index contributed by atoms with van der Waals surface area (Å²) in [4.78, 5) is 0. The fourth-order valence-electron chi connectivity index (χ4n) is 1.90. The normalized spacial score (nSPS) is 11.1. The van der Waals surface area contributed by atoms with Gasteiger partial charge in [-0.2, -0.15) is 5.10 Å². The Morgan fingerprint density at radius 1 is 1.24 bits per heavy atom. The lowest BCUT2D eigenvalue weighted by Crippen LogP contribution is -2.05. The Balaban J connectivity index is 2.51. The van der Waals surface area contributed by atoms with Gasteiger partial charge < -0.3 is 0 Å². The molecule has 0 aliphatic carbocycles. The van der Waals surface area contributed by atoms with E-state index in [1.165, 1.54) is 11.3 Å². The Kier molecular flexibility index (Phi) is 4.05. The quantitative estimate of drug-likeness (QED) is 0.731. The maximum Gasteiger partial charge on any atom is 0.0649 e. The molecule has 0 aliphatic rings. The smallest absolute Gasteiger partial charge is 0.0649 e. The van der Waals surface area contributed by atoms with Crippen molar-refractivity contribution >= 4 is 31.9 Å². The number of benzene rings is 1. The van der Waals surface area contributed by atoms with Crippen molar-refractivity contribution in [1.29, 1.82) is 0 Å². The standard InChI is InChI=1S/C13H14Br2N2/c1-9(2)13-10(7-14)8-16-17(13)12-5-3-11(15)4-6-12/h3-6,8-9H,7H2,1-2H3. The molecule has 0 atom stereocenters. The molecule has 0 unspecified atom stereocenters. The highest BCUT2D eigenvalue weighted by molar-refractivity contribution is 9.10. The molecule has 0 radical (unpaired) electrons. The van der Waals surface area contributed by atoms with Crippen LogP contribution in [0.3, 0.4) is 0 Å². The lowest BCUT2D eigenvalue weighted by molar-refractivity contribution is 0.730. The van der Waals surface area contributed by atoms with Gasteiger partial charge in [0.25, 0.3) is 0 Å². The average Bonchev–Trinajstić information content (AvgIpc) is 2.73. The van der Waals surface area contributed by atoms with Crippen LogP contribution in [-0.2, 0) is 5.33 Å². The summed E-state index contributed by atoms with van der Waals surface area (Å²) in [5.41, 5.74) is 3.62. The lowest BCUT2D eigenvalue weighted by atomic mass is 10.1. The summed E-state index contributed by atoms with van der Waals surface area (Å²) >= 11 is 6.96. The first-order valence-corrected chi connectivity index (χ1v) is 7.43. The number of hydrogen-bond donors (Lipinski definition) is 0. The van der Waals surface area contributed by atoms with Crippen LogP contribution in [0.2, 0.25) is 0 Å². The van der Waals surface area contributed by atoms with Gasteiger partial charge in [-0.15, -0.1) is 0 Å². The fraction of sp³-hybridized carbons (Fsp3) is 0.308. The Bertz CT molecular complexity index is 501. The van der Waals surface area contributed by atoms with Crippen LogP contribution in [0.5, 0.6) is 0 Å². The van der Waals surface area contributed by atoms with E-state index in [2.05, 4.69) is 62.9 Å². The molecular formula is C13H14Br2N2. The first kappa shape index (κ1) is 12.8. The van der Waals surface area contributed by atoms with Crippen molar-refractivity contribution in [1.82, 2.24) is 9.78 Å². The highest BCUT2D eigenvalue weighted by Gasteiger charge is 2.14. The molecule has 0 spiro atoms. The highest BCUT2D eigenvalue weighted by atomic mass is 79.9. The third kappa shape index (κ3) is 2.63. The molecule has 17 heavy (non-hydrogen) atoms. The zero-order valence-electron chi connectivity index (χ0n) is 9.82. The summed E-state index contributed by atoms with van der Waals surface area (Å²) < 4.78 is 3.11. The van der Waals surface area contributed by atoms with Crippen molar-refractivity contribution in [2.75, 3.05) is 0 Å². The molecule has 1 aromatic heterocycles. The van der Waals surface area contributed by atoms with Crippen LogP contribution in [-0.4, -0.2) is 9.78 Å². The van der Waals surface area contributed by atoms with E-state index in [4.69, 9.17) is 0 Å². The lowest BCUT2D eigenvalue weighted by Gasteiger charge is -2.12. The van der Waals surface area contributed by atoms with Gasteiger partial charge in [0, 0.05) is 15.4 Å². The molecule has 4 heteroatoms. The third-order valence-corrected chi connectivity index (χ3v) is 3.78. The molecule has 0 bridgehead atoms. The van der Waals surface area contributed by atoms with Gasteiger partial charge in [0.05, 0.1) is 17.6 Å². The Hall–Kier alpha value is -0.610. The summed E-state index contributed by atoms with van der Waals surface area (Å²) in [7, 11) is 0. The zero-order chi connectivity index (χ0) is 12.4. The van der Waals surface area contributed by atoms with Crippen LogP contribution < -0.4 is 0 Å². The van der Waals surface area contributed by atoms with Crippen LogP contribution in [0.4, 0.5) is 0 Å². The number of alkyl halides is 1. The van der Waals surface area contributed by atoms with E-state index in [0.717, 1.165) is 15.5 Å². The molecule has 2 nitrogen and oxygen atoms in total. The average molecular weight is 358 g/mol. The van der Waals surface area contributed by atoms with Crippen molar-refractivity contribution in [2.24, 2.45) is 0 Å². The molecule has 0 amide bonds. The van der Waals surface area contributed by atoms with E-state index < -0.39 is 0 Å². The predicted molar refractivity (Wildman–Crippen MR) is 78.0 cm³/mol. The van der Waals surface area contributed by atoms with E-state index in [1.54, 1.807) is 0 Å². The molecule has 0 N–H and O–H groups in total. The number of rotatable bonds is 3. The maximum atomic E-state index is 4.48. The minimum atomic E-state index is 0.452. The molecule has 2 aromatic rings. The Morgan fingerprint density at radius 2 is 1.88 bits per heavy atom. The van der Waals surface area contributed by atoms with Crippen LogP contribution in [0.1, 0.15) is 31.0 Å². The molecule has 1 heterocycles. The molecule has 1 aromatic carbocycles. The highest BCUT2D eigenvalue weighted by Crippen LogP contribution is 2.25. The van der Waals surface area contributed by atoms with Crippen LogP contribution in [0.15, 0.2) is 34.9 Å². The minimum absolute atomic E-state index is 0.452. The van der Waals surface area contributed by atoms with Gasteiger partial charge in [0.1, 0.15) is 0 Å². The van der Waals surface area contributed by atoms with Crippen molar-refractivity contribution in [3.05, 3.63) is 46.2 Å². The van der Waals surface area contributed by atoms with Gasteiger partial charge >= 0.3 is 0 Å². The van der Waals surface area contributed by atoms with Gasteiger partial charge in [-0.25, -0.2) is 4.68 Å². The van der Waals surface area contributed by atoms with Crippen molar-refractivity contribution < 1.29 is 0 Å². The number of aromatic nitrogens is 2. The largest absolute Gasteiger partial charge is 0.237 e. The molecule has 2 rings (SSSR count). The summed E-state index contributed by atoms with van der Waals surface area (Å²) in [6.45, 7) is 4.39. The first-order chi connectivity index (χ1) is 8.13. The van der Waals surface area contributed by atoms with E-state index in [0.29, 0.717) is 5.92 Å². The van der Waals surface area contributed by atoms with Crippen LogP contribution >= 0.6 is 31.9 Å². The summed E-state index contributed by atoms with van der Waals surface area (Å²) in [5.74, 6) is 0.452. The summed E-state index contributed by atoms with van der Waals surface area (Å²) in [6, 6.07) is 8.21. The van der Waals surface area contributed by atoms with Gasteiger partial charge in [-0.3, -0.25) is 0 Å². The Labute approximate surface area is 118 Å². The zero-order valence-corrected chi connectivity index (χ0v) is 13.0. The van der Waals surface area contributed by atoms with Gasteiger partial charge in [-0.1, -0.05) is 45.7 Å². The summed E-state index contributed by atoms with van der Waals surface area (Å²) in [5, 5.41) is 5.32. The second kappa shape index (κ2) is 5.36. The number of nitrogens with zero attached hydrogens (tertiary/aromatic N) is 2. The van der Waals surface area contributed by atoms with Crippen molar-refractivity contribution in [3.63, 3.8) is 0 Å². The van der Waals surface area contributed by atoms with Crippen molar-refractivity contribution in [2.45, 2.75) is 25.1 Å². The maximum absolute atomic E-state index is 4.48. The SMILES string of the molecule is CC(C)c1c(CBr)cnn1-c1ccc(Br)cc1. The molecule has 90 valence electrons. The molecular weight excluding hydrogens is 344 g/mol. The van der Waals surface area contributed by atoms with Gasteiger partial charge in [0.15, 0.2) is 0 Å². The number of halogens is 2. The number of hydrogen-bond acceptors (Lipinski definition) is 1. The molecule has 0 aliphatic heterocycles. The second-order valence-corrected chi connectivity index (χ2v) is 5.71. The molecule has 0 saturated heterocycles. The van der Waals surface area contributed by atoms with Crippen molar-refractivity contribution in [3.8, 4) is 5.69 Å². The Morgan fingerprint density at radius 3 is 2.41 bits per heavy atom. The third-order valence-electron chi connectivity index (χ3n) is 2.65. The minimum Gasteiger partial charge on any atom is -0.237 e. The van der Waals surface area contributed by atoms with E-state index in [9.17, 15) is 0 Å². The van der Waals surface area contributed by atoms with Crippen LogP contribution in [0.25, 0.3) is 5.69 Å². The second-order valence-electron chi connectivity index (χ2n) is 4.23. The van der Waals surface area contributed by atoms with E-state index >= 15 is 0 Å². The fourth-order valence-corrected chi connectivity index (χ4v) is 2.59. The predicted octanol–water partition coefficient (Wildman–Crippen LogP) is 4.65. The van der Waals surface area contributed by atoms with E-state index in [1.807, 2.05) is 23.0 Å². The monoisotopic (exact) mass is 356 g/mol. The molecule has 0 fully saturated rings. The molecule has 0 saturated carbocycles. The van der Waals surface area contributed by atoms with Gasteiger partial charge in [0.2, 0.25) is 0 Å². The topological polar surface area (TPSA) is 17.8 Å². The van der Waals surface area contributed by atoms with Gasteiger partial charge in [-0.05, 0) is 30.2 Å². The summed E-state index contributed by atoms with van der Waals surface area (Å²) in [6.07, 6.45) is 1.94. The van der Waals surface area contributed by atoms with Crippen LogP contribution in [0, 0.1) is 0 Å².